The molecule has 1 aromatic heterocycles. The smallest absolute Gasteiger partial charge is 0.339 e. The van der Waals surface area contributed by atoms with Gasteiger partial charge in [-0.2, -0.15) is 8.42 Å². The molecule has 0 radical (unpaired) electrons. The Kier molecular flexibility index (Phi) is 8.52. The number of ether oxygens (including phenoxy) is 1. The monoisotopic (exact) mass is 516 g/mol. The molecule has 1 N–H and O–H groups in total. The van der Waals surface area contributed by atoms with Gasteiger partial charge in [0.15, 0.2) is 11.5 Å². The first-order chi connectivity index (χ1) is 16.6. The highest BCUT2D eigenvalue weighted by molar-refractivity contribution is 7.87. The minimum atomic E-state index is -4.18. The number of benzene rings is 2. The van der Waals surface area contributed by atoms with Crippen LogP contribution < -0.4 is 14.2 Å². The fourth-order valence-corrected chi connectivity index (χ4v) is 4.96. The molecule has 0 saturated carbocycles. The van der Waals surface area contributed by atoms with Crippen molar-refractivity contribution < 1.29 is 26.9 Å². The van der Waals surface area contributed by atoms with E-state index in [0.717, 1.165) is 6.42 Å². The molecular formula is C25H28N2O6S2. The summed E-state index contributed by atoms with van der Waals surface area (Å²) in [6.07, 6.45) is 0.763. The lowest BCUT2D eigenvalue weighted by molar-refractivity contribution is -0.114. The van der Waals surface area contributed by atoms with E-state index in [0.29, 0.717) is 16.1 Å². The number of hydrogen-bond donors (Lipinski definition) is 1. The summed E-state index contributed by atoms with van der Waals surface area (Å²) in [5.74, 6) is -0.0857. The molecule has 186 valence electrons. The first kappa shape index (κ1) is 26.2. The van der Waals surface area contributed by atoms with E-state index < -0.39 is 10.1 Å². The Morgan fingerprint density at radius 3 is 2.37 bits per heavy atom. The van der Waals surface area contributed by atoms with Crippen LogP contribution in [-0.2, 0) is 21.5 Å². The van der Waals surface area contributed by atoms with Gasteiger partial charge in [-0.1, -0.05) is 19.1 Å². The van der Waals surface area contributed by atoms with Crippen LogP contribution in [0.15, 0.2) is 64.9 Å². The Hall–Kier alpha value is -3.37. The van der Waals surface area contributed by atoms with Crippen molar-refractivity contribution in [2.75, 3.05) is 12.4 Å². The van der Waals surface area contributed by atoms with Gasteiger partial charge in [0.1, 0.15) is 4.90 Å². The first-order valence-electron chi connectivity index (χ1n) is 11.0. The standard InChI is InChI=1S/C25H28N2O6S2/c1-5-17(2)27(25(29)24-7-6-14-34-24)16-19-8-13-22(32-4)23(15-19)33-35(30,31)21-11-9-20(10-12-21)26-18(3)28/h6-15,17H,5,16H2,1-4H3,(H,26,28)/t17-/m0/s1. The Balaban J connectivity index is 1.87. The van der Waals surface area contributed by atoms with Gasteiger partial charge < -0.3 is 19.1 Å². The lowest BCUT2D eigenvalue weighted by Gasteiger charge is -2.28. The number of nitrogens with zero attached hydrogens (tertiary/aromatic N) is 1. The van der Waals surface area contributed by atoms with Gasteiger partial charge >= 0.3 is 10.1 Å². The van der Waals surface area contributed by atoms with Gasteiger partial charge in [0.2, 0.25) is 5.91 Å². The van der Waals surface area contributed by atoms with E-state index in [9.17, 15) is 18.0 Å². The number of rotatable bonds is 10. The first-order valence-corrected chi connectivity index (χ1v) is 13.3. The number of anilines is 1. The van der Waals surface area contributed by atoms with Crippen LogP contribution in [0.3, 0.4) is 0 Å². The van der Waals surface area contributed by atoms with Crippen molar-refractivity contribution in [2.45, 2.75) is 44.7 Å². The third-order valence-electron chi connectivity index (χ3n) is 5.36. The summed E-state index contributed by atoms with van der Waals surface area (Å²) in [5, 5.41) is 4.44. The molecule has 0 saturated heterocycles. The maximum absolute atomic E-state index is 13.1. The molecule has 2 amide bonds. The molecule has 0 aliphatic heterocycles. The summed E-state index contributed by atoms with van der Waals surface area (Å²) in [5.41, 5.74) is 1.17. The SMILES string of the molecule is CC[C@H](C)N(Cc1ccc(OC)c(OS(=O)(=O)c2ccc(NC(C)=O)cc2)c1)C(=O)c1cccs1. The van der Waals surface area contributed by atoms with Crippen molar-refractivity contribution in [1.29, 1.82) is 0 Å². The normalized spacial score (nSPS) is 12.0. The van der Waals surface area contributed by atoms with Crippen molar-refractivity contribution in [2.24, 2.45) is 0 Å². The van der Waals surface area contributed by atoms with E-state index in [1.54, 1.807) is 29.2 Å². The van der Waals surface area contributed by atoms with Crippen LogP contribution >= 0.6 is 11.3 Å². The Bertz CT molecular complexity index is 1270. The number of hydrogen-bond acceptors (Lipinski definition) is 7. The van der Waals surface area contributed by atoms with Crippen LogP contribution in [0.4, 0.5) is 5.69 Å². The van der Waals surface area contributed by atoms with E-state index in [4.69, 9.17) is 8.92 Å². The van der Waals surface area contributed by atoms with Crippen molar-refractivity contribution in [3.63, 3.8) is 0 Å². The van der Waals surface area contributed by atoms with E-state index in [-0.39, 0.29) is 40.8 Å². The number of carbonyl (C=O) groups is 2. The topological polar surface area (TPSA) is 102 Å². The van der Waals surface area contributed by atoms with Crippen molar-refractivity contribution in [1.82, 2.24) is 4.90 Å². The van der Waals surface area contributed by atoms with Crippen LogP contribution in [0.2, 0.25) is 0 Å². The van der Waals surface area contributed by atoms with E-state index >= 15 is 0 Å². The van der Waals surface area contributed by atoms with Crippen LogP contribution in [0, 0.1) is 0 Å². The second-order valence-corrected chi connectivity index (χ2v) is 10.4. The summed E-state index contributed by atoms with van der Waals surface area (Å²) in [4.78, 5) is 26.6. The largest absolute Gasteiger partial charge is 0.493 e. The molecule has 0 unspecified atom stereocenters. The predicted octanol–water partition coefficient (Wildman–Crippen LogP) is 4.92. The second-order valence-electron chi connectivity index (χ2n) is 7.90. The second kappa shape index (κ2) is 11.4. The zero-order chi connectivity index (χ0) is 25.6. The zero-order valence-electron chi connectivity index (χ0n) is 20.0. The van der Waals surface area contributed by atoms with Crippen molar-refractivity contribution in [3.05, 3.63) is 70.4 Å². The molecule has 35 heavy (non-hydrogen) atoms. The number of thiophene rings is 1. The molecule has 0 spiro atoms. The fourth-order valence-electron chi connectivity index (χ4n) is 3.35. The Morgan fingerprint density at radius 2 is 1.80 bits per heavy atom. The minimum absolute atomic E-state index is 0.0172. The molecule has 2 aromatic carbocycles. The fraction of sp³-hybridized carbons (Fsp3) is 0.280. The van der Waals surface area contributed by atoms with Gasteiger partial charge in [-0.25, -0.2) is 0 Å². The lowest BCUT2D eigenvalue weighted by Crippen LogP contribution is -2.37. The van der Waals surface area contributed by atoms with Crippen LogP contribution in [0.5, 0.6) is 11.5 Å². The quantitative estimate of drug-likeness (QED) is 0.384. The molecule has 0 fully saturated rings. The number of carbonyl (C=O) groups excluding carboxylic acids is 2. The average molecular weight is 517 g/mol. The van der Waals surface area contributed by atoms with E-state index in [1.165, 1.54) is 49.6 Å². The molecule has 10 heteroatoms. The lowest BCUT2D eigenvalue weighted by atomic mass is 10.1. The molecule has 3 rings (SSSR count). The van der Waals surface area contributed by atoms with E-state index in [1.807, 2.05) is 25.3 Å². The predicted molar refractivity (Wildman–Crippen MR) is 135 cm³/mol. The third kappa shape index (κ3) is 6.61. The highest BCUT2D eigenvalue weighted by Crippen LogP contribution is 2.32. The molecule has 3 aromatic rings. The number of amides is 2. The van der Waals surface area contributed by atoms with Gasteiger partial charge in [0.25, 0.3) is 5.91 Å². The molecule has 1 atom stereocenters. The third-order valence-corrected chi connectivity index (χ3v) is 7.47. The minimum Gasteiger partial charge on any atom is -0.493 e. The van der Waals surface area contributed by atoms with Gasteiger partial charge in [-0.05, 0) is 66.8 Å². The highest BCUT2D eigenvalue weighted by Gasteiger charge is 2.24. The molecule has 0 aliphatic rings. The van der Waals surface area contributed by atoms with Gasteiger partial charge in [-0.15, -0.1) is 11.3 Å². The summed E-state index contributed by atoms with van der Waals surface area (Å²) < 4.78 is 36.6. The van der Waals surface area contributed by atoms with Crippen LogP contribution in [-0.4, -0.2) is 38.3 Å². The number of methoxy groups -OCH3 is 1. The molecule has 1 heterocycles. The summed E-state index contributed by atoms with van der Waals surface area (Å²) in [6.45, 7) is 5.62. The van der Waals surface area contributed by atoms with Gasteiger partial charge in [0.05, 0.1) is 12.0 Å². The van der Waals surface area contributed by atoms with Gasteiger partial charge in [-0.3, -0.25) is 9.59 Å². The van der Waals surface area contributed by atoms with Crippen LogP contribution in [0.25, 0.3) is 0 Å². The summed E-state index contributed by atoms with van der Waals surface area (Å²) in [7, 11) is -2.76. The van der Waals surface area contributed by atoms with Crippen LogP contribution in [0.1, 0.15) is 42.4 Å². The van der Waals surface area contributed by atoms with E-state index in [2.05, 4.69) is 5.32 Å². The molecule has 0 aliphatic carbocycles. The summed E-state index contributed by atoms with van der Waals surface area (Å²) in [6, 6.07) is 14.2. The Morgan fingerprint density at radius 1 is 1.09 bits per heavy atom. The summed E-state index contributed by atoms with van der Waals surface area (Å²) >= 11 is 1.38. The molecule has 0 bridgehead atoms. The Labute approximate surface area is 209 Å². The average Bonchev–Trinajstić information content (AvgIpc) is 3.36. The number of nitrogens with one attached hydrogen (secondary N) is 1. The molecule has 8 nitrogen and oxygen atoms in total. The van der Waals surface area contributed by atoms with Gasteiger partial charge in [0, 0.05) is 25.2 Å². The van der Waals surface area contributed by atoms with Crippen molar-refractivity contribution >= 4 is 39.0 Å². The highest BCUT2D eigenvalue weighted by atomic mass is 32.2. The zero-order valence-corrected chi connectivity index (χ0v) is 21.6. The maximum Gasteiger partial charge on any atom is 0.339 e. The van der Waals surface area contributed by atoms with Crippen molar-refractivity contribution in [3.8, 4) is 11.5 Å². The maximum atomic E-state index is 13.1. The molecular weight excluding hydrogens is 488 g/mol.